The van der Waals surface area contributed by atoms with Crippen LogP contribution in [0.1, 0.15) is 26.6 Å². The number of alkyl halides is 1. The van der Waals surface area contributed by atoms with Gasteiger partial charge in [0.2, 0.25) is 0 Å². The molecule has 0 fully saturated rings. The standard InChI is InChI=1S/C15H20ClIN2O/c1-4-20-15(2,3)10-19-13-6-5-11(17)9-12(13)18-14(19)7-8-16/h5-6,9H,4,7-8,10H2,1-3H3. The van der Waals surface area contributed by atoms with E-state index in [2.05, 4.69) is 59.2 Å². The maximum atomic E-state index is 5.91. The van der Waals surface area contributed by atoms with Crippen LogP contribution in [0.4, 0.5) is 0 Å². The monoisotopic (exact) mass is 406 g/mol. The molecular weight excluding hydrogens is 387 g/mol. The zero-order valence-electron chi connectivity index (χ0n) is 12.1. The molecule has 0 saturated heterocycles. The molecule has 0 saturated carbocycles. The third kappa shape index (κ3) is 3.65. The van der Waals surface area contributed by atoms with Crippen molar-refractivity contribution in [2.45, 2.75) is 39.3 Å². The van der Waals surface area contributed by atoms with Crippen LogP contribution in [0.25, 0.3) is 11.0 Å². The molecular formula is C15H20ClIN2O. The first kappa shape index (κ1) is 16.0. The number of aromatic nitrogens is 2. The molecule has 1 aromatic carbocycles. The average Bonchev–Trinajstić information content (AvgIpc) is 2.66. The van der Waals surface area contributed by atoms with E-state index in [1.807, 2.05) is 6.92 Å². The Balaban J connectivity index is 2.45. The molecule has 0 bridgehead atoms. The molecule has 110 valence electrons. The number of fused-ring (bicyclic) bond motifs is 1. The maximum Gasteiger partial charge on any atom is 0.111 e. The molecule has 20 heavy (non-hydrogen) atoms. The van der Waals surface area contributed by atoms with E-state index in [0.29, 0.717) is 12.5 Å². The van der Waals surface area contributed by atoms with E-state index in [1.54, 1.807) is 0 Å². The lowest BCUT2D eigenvalue weighted by Crippen LogP contribution is -2.31. The number of benzene rings is 1. The molecule has 2 rings (SSSR count). The van der Waals surface area contributed by atoms with Crippen LogP contribution in [0, 0.1) is 3.57 Å². The number of nitrogens with zero attached hydrogens (tertiary/aromatic N) is 2. The Morgan fingerprint density at radius 2 is 2.15 bits per heavy atom. The van der Waals surface area contributed by atoms with Gasteiger partial charge >= 0.3 is 0 Å². The Morgan fingerprint density at radius 3 is 2.80 bits per heavy atom. The number of imidazole rings is 1. The first-order valence-corrected chi connectivity index (χ1v) is 8.43. The van der Waals surface area contributed by atoms with E-state index in [9.17, 15) is 0 Å². The number of hydrogen-bond donors (Lipinski definition) is 0. The summed E-state index contributed by atoms with van der Waals surface area (Å²) in [5.74, 6) is 1.61. The summed E-state index contributed by atoms with van der Waals surface area (Å²) in [7, 11) is 0. The lowest BCUT2D eigenvalue weighted by atomic mass is 10.1. The van der Waals surface area contributed by atoms with Crippen LogP contribution in [0.3, 0.4) is 0 Å². The minimum Gasteiger partial charge on any atom is -0.374 e. The Bertz CT molecular complexity index is 595. The number of hydrogen-bond acceptors (Lipinski definition) is 2. The van der Waals surface area contributed by atoms with Crippen molar-refractivity contribution in [2.75, 3.05) is 12.5 Å². The highest BCUT2D eigenvalue weighted by molar-refractivity contribution is 14.1. The van der Waals surface area contributed by atoms with E-state index in [0.717, 1.165) is 29.8 Å². The van der Waals surface area contributed by atoms with Gasteiger partial charge in [0, 0.05) is 22.5 Å². The number of rotatable bonds is 6. The lowest BCUT2D eigenvalue weighted by Gasteiger charge is -2.26. The molecule has 1 aromatic heterocycles. The van der Waals surface area contributed by atoms with Gasteiger partial charge in [0.25, 0.3) is 0 Å². The SMILES string of the molecule is CCOC(C)(C)Cn1c(CCCl)nc2cc(I)ccc21. The average molecular weight is 407 g/mol. The van der Waals surface area contributed by atoms with Gasteiger partial charge in [-0.2, -0.15) is 0 Å². The summed E-state index contributed by atoms with van der Waals surface area (Å²) >= 11 is 8.23. The number of ether oxygens (including phenoxy) is 1. The van der Waals surface area contributed by atoms with Crippen molar-refractivity contribution >= 4 is 45.2 Å². The van der Waals surface area contributed by atoms with E-state index in [4.69, 9.17) is 21.3 Å². The predicted octanol–water partition coefficient (Wildman–Crippen LogP) is 4.24. The highest BCUT2D eigenvalue weighted by Crippen LogP contribution is 2.23. The molecule has 0 unspecified atom stereocenters. The van der Waals surface area contributed by atoms with Gasteiger partial charge in [0.1, 0.15) is 5.82 Å². The number of halogens is 2. The van der Waals surface area contributed by atoms with Crippen LogP contribution < -0.4 is 0 Å². The van der Waals surface area contributed by atoms with Crippen molar-refractivity contribution in [2.24, 2.45) is 0 Å². The smallest absolute Gasteiger partial charge is 0.111 e. The van der Waals surface area contributed by atoms with Crippen molar-refractivity contribution in [3.63, 3.8) is 0 Å². The van der Waals surface area contributed by atoms with Gasteiger partial charge in [-0.3, -0.25) is 0 Å². The summed E-state index contributed by atoms with van der Waals surface area (Å²) < 4.78 is 9.26. The maximum absolute atomic E-state index is 5.91. The molecule has 1 heterocycles. The minimum atomic E-state index is -0.216. The molecule has 2 aromatic rings. The van der Waals surface area contributed by atoms with Gasteiger partial charge in [-0.15, -0.1) is 11.6 Å². The van der Waals surface area contributed by atoms with Crippen molar-refractivity contribution in [1.29, 1.82) is 0 Å². The van der Waals surface area contributed by atoms with Gasteiger partial charge in [0.15, 0.2) is 0 Å². The second kappa shape index (κ2) is 6.62. The minimum absolute atomic E-state index is 0.216. The largest absolute Gasteiger partial charge is 0.374 e. The molecule has 0 radical (unpaired) electrons. The van der Waals surface area contributed by atoms with Crippen LogP contribution in [0.2, 0.25) is 0 Å². The Hall–Kier alpha value is -0.330. The summed E-state index contributed by atoms with van der Waals surface area (Å²) in [6, 6.07) is 6.35. The molecule has 5 heteroatoms. The van der Waals surface area contributed by atoms with E-state index >= 15 is 0 Å². The normalized spacial score (nSPS) is 12.2. The van der Waals surface area contributed by atoms with Crippen LogP contribution >= 0.6 is 34.2 Å². The van der Waals surface area contributed by atoms with E-state index in [1.165, 1.54) is 3.57 Å². The summed E-state index contributed by atoms with van der Waals surface area (Å²) in [6.07, 6.45) is 0.773. The van der Waals surface area contributed by atoms with Gasteiger partial charge in [-0.25, -0.2) is 4.98 Å². The van der Waals surface area contributed by atoms with Crippen molar-refractivity contribution in [3.8, 4) is 0 Å². The molecule has 0 aliphatic rings. The molecule has 0 N–H and O–H groups in total. The zero-order chi connectivity index (χ0) is 14.8. The predicted molar refractivity (Wildman–Crippen MR) is 92.6 cm³/mol. The van der Waals surface area contributed by atoms with E-state index in [-0.39, 0.29) is 5.60 Å². The fraction of sp³-hybridized carbons (Fsp3) is 0.533. The summed E-state index contributed by atoms with van der Waals surface area (Å²) in [6.45, 7) is 7.74. The molecule has 0 amide bonds. The Morgan fingerprint density at radius 1 is 1.40 bits per heavy atom. The number of aryl methyl sites for hydroxylation is 1. The van der Waals surface area contributed by atoms with Gasteiger partial charge in [-0.05, 0) is 61.6 Å². The molecule has 0 spiro atoms. The van der Waals surface area contributed by atoms with Crippen molar-refractivity contribution in [3.05, 3.63) is 27.6 Å². The second-order valence-corrected chi connectivity index (χ2v) is 7.00. The summed E-state index contributed by atoms with van der Waals surface area (Å²) in [5.41, 5.74) is 1.97. The van der Waals surface area contributed by atoms with Gasteiger partial charge < -0.3 is 9.30 Å². The van der Waals surface area contributed by atoms with Crippen molar-refractivity contribution in [1.82, 2.24) is 9.55 Å². The van der Waals surface area contributed by atoms with Gasteiger partial charge in [0.05, 0.1) is 23.2 Å². The molecule has 0 aliphatic carbocycles. The zero-order valence-corrected chi connectivity index (χ0v) is 15.0. The highest BCUT2D eigenvalue weighted by atomic mass is 127. The summed E-state index contributed by atoms with van der Waals surface area (Å²) in [4.78, 5) is 4.73. The molecule has 3 nitrogen and oxygen atoms in total. The Labute approximate surface area is 138 Å². The third-order valence-electron chi connectivity index (χ3n) is 3.18. The Kier molecular flexibility index (Phi) is 5.31. The topological polar surface area (TPSA) is 27.1 Å². The second-order valence-electron chi connectivity index (χ2n) is 5.38. The van der Waals surface area contributed by atoms with Crippen LogP contribution in [0.5, 0.6) is 0 Å². The van der Waals surface area contributed by atoms with E-state index < -0.39 is 0 Å². The fourth-order valence-corrected chi connectivity index (χ4v) is 3.07. The first-order valence-electron chi connectivity index (χ1n) is 6.81. The molecule has 0 aliphatic heterocycles. The highest BCUT2D eigenvalue weighted by Gasteiger charge is 2.22. The molecule has 0 atom stereocenters. The van der Waals surface area contributed by atoms with Crippen LogP contribution in [-0.2, 0) is 17.7 Å². The van der Waals surface area contributed by atoms with Crippen LogP contribution in [0.15, 0.2) is 18.2 Å². The fourth-order valence-electron chi connectivity index (χ4n) is 2.42. The van der Waals surface area contributed by atoms with Gasteiger partial charge in [-0.1, -0.05) is 0 Å². The first-order chi connectivity index (χ1) is 9.46. The quantitative estimate of drug-likeness (QED) is 0.530. The van der Waals surface area contributed by atoms with Crippen molar-refractivity contribution < 1.29 is 4.74 Å². The summed E-state index contributed by atoms with van der Waals surface area (Å²) in [5, 5.41) is 0. The third-order valence-corrected chi connectivity index (χ3v) is 4.04. The van der Waals surface area contributed by atoms with Crippen LogP contribution in [-0.4, -0.2) is 27.6 Å². The lowest BCUT2D eigenvalue weighted by molar-refractivity contribution is -0.0221.